The van der Waals surface area contributed by atoms with Gasteiger partial charge in [-0.25, -0.2) is 4.39 Å². The van der Waals surface area contributed by atoms with Crippen LogP contribution in [0.15, 0.2) is 47.0 Å². The Labute approximate surface area is 158 Å². The van der Waals surface area contributed by atoms with Gasteiger partial charge in [0.2, 0.25) is 5.82 Å². The third-order valence-electron chi connectivity index (χ3n) is 4.29. The van der Waals surface area contributed by atoms with E-state index in [4.69, 9.17) is 9.26 Å². The minimum atomic E-state index is -0.539. The predicted octanol–water partition coefficient (Wildman–Crippen LogP) is 2.16. The Hall–Kier alpha value is -3.75. The number of benzene rings is 2. The fourth-order valence-corrected chi connectivity index (χ4v) is 2.71. The average molecular weight is 382 g/mol. The summed E-state index contributed by atoms with van der Waals surface area (Å²) in [5.74, 6) is -0.476. The number of hydrogen-bond acceptors (Lipinski definition) is 6. The molecule has 0 saturated heterocycles. The number of likely N-dealkylation sites (N-methyl/N-ethyl adjacent to an activating group) is 1. The topological polar surface area (TPSA) is 97.6 Å². The highest BCUT2D eigenvalue weighted by Gasteiger charge is 2.23. The molecule has 1 N–H and O–H groups in total. The lowest BCUT2D eigenvalue weighted by Crippen LogP contribution is -2.35. The lowest BCUT2D eigenvalue weighted by Gasteiger charge is -2.25. The van der Waals surface area contributed by atoms with Crippen molar-refractivity contribution >= 4 is 17.5 Å². The number of carbonyl (C=O) groups is 2. The Morgan fingerprint density at radius 1 is 1.25 bits per heavy atom. The summed E-state index contributed by atoms with van der Waals surface area (Å²) >= 11 is 0. The molecule has 28 heavy (non-hydrogen) atoms. The van der Waals surface area contributed by atoms with E-state index in [9.17, 15) is 14.0 Å². The number of halogens is 1. The van der Waals surface area contributed by atoms with Gasteiger partial charge < -0.3 is 19.5 Å². The maximum absolute atomic E-state index is 12.9. The van der Waals surface area contributed by atoms with Gasteiger partial charge in [-0.15, -0.1) is 0 Å². The van der Waals surface area contributed by atoms with Gasteiger partial charge in [0, 0.05) is 19.2 Å². The summed E-state index contributed by atoms with van der Waals surface area (Å²) in [6, 6.07) is 10.9. The van der Waals surface area contributed by atoms with Crippen LogP contribution < -0.4 is 15.0 Å². The van der Waals surface area contributed by atoms with Crippen molar-refractivity contribution in [1.82, 2.24) is 15.5 Å². The summed E-state index contributed by atoms with van der Waals surface area (Å²) in [5, 5.41) is 6.46. The van der Waals surface area contributed by atoms with Gasteiger partial charge in [0.25, 0.3) is 5.91 Å². The summed E-state index contributed by atoms with van der Waals surface area (Å²) in [7, 11) is 1.67. The molecule has 0 aliphatic carbocycles. The number of ether oxygens (including phenoxy) is 1. The third kappa shape index (κ3) is 3.41. The number of carbonyl (C=O) groups excluding carboxylic acids is 2. The number of nitrogens with one attached hydrogen (secondary N) is 1. The number of rotatable bonds is 4. The minimum Gasteiger partial charge on any atom is -0.482 e. The van der Waals surface area contributed by atoms with Crippen LogP contribution in [-0.4, -0.2) is 35.6 Å². The van der Waals surface area contributed by atoms with Crippen LogP contribution in [0.5, 0.6) is 5.75 Å². The molecule has 0 saturated carbocycles. The van der Waals surface area contributed by atoms with Crippen molar-refractivity contribution < 1.29 is 23.2 Å². The second-order valence-corrected chi connectivity index (χ2v) is 6.16. The Kier molecular flexibility index (Phi) is 4.48. The van der Waals surface area contributed by atoms with Crippen LogP contribution in [0.25, 0.3) is 11.4 Å². The van der Waals surface area contributed by atoms with E-state index in [1.165, 1.54) is 17.0 Å². The van der Waals surface area contributed by atoms with Crippen LogP contribution >= 0.6 is 0 Å². The molecule has 0 spiro atoms. The first kappa shape index (κ1) is 17.7. The predicted molar refractivity (Wildman–Crippen MR) is 96.2 cm³/mol. The quantitative estimate of drug-likeness (QED) is 0.743. The number of hydrogen-bond donors (Lipinski definition) is 1. The minimum absolute atomic E-state index is 0.0454. The van der Waals surface area contributed by atoms with Crippen LogP contribution in [0.1, 0.15) is 16.2 Å². The van der Waals surface area contributed by atoms with Crippen molar-refractivity contribution in [1.29, 1.82) is 0 Å². The molecule has 8 nitrogen and oxygen atoms in total. The summed E-state index contributed by atoms with van der Waals surface area (Å²) in [5.41, 5.74) is 1.96. The lowest BCUT2D eigenvalue weighted by atomic mass is 10.1. The summed E-state index contributed by atoms with van der Waals surface area (Å²) in [6.07, 6.45) is 0. The molecule has 9 heteroatoms. The molecule has 4 rings (SSSR count). The van der Waals surface area contributed by atoms with Crippen LogP contribution in [-0.2, 0) is 11.3 Å². The normalized spacial score (nSPS) is 13.1. The number of aromatic nitrogens is 2. The fourth-order valence-electron chi connectivity index (χ4n) is 2.71. The van der Waals surface area contributed by atoms with Gasteiger partial charge in [0.05, 0.1) is 5.69 Å². The second kappa shape index (κ2) is 7.10. The van der Waals surface area contributed by atoms with Crippen molar-refractivity contribution in [2.75, 3.05) is 18.6 Å². The van der Waals surface area contributed by atoms with Crippen molar-refractivity contribution in [2.24, 2.45) is 0 Å². The van der Waals surface area contributed by atoms with E-state index in [0.717, 1.165) is 5.56 Å². The summed E-state index contributed by atoms with van der Waals surface area (Å²) in [4.78, 5) is 29.5. The zero-order valence-electron chi connectivity index (χ0n) is 14.8. The monoisotopic (exact) mass is 382 g/mol. The largest absolute Gasteiger partial charge is 0.482 e. The highest BCUT2D eigenvalue weighted by atomic mass is 19.1. The molecule has 0 fully saturated rings. The molecule has 0 unspecified atom stereocenters. The van der Waals surface area contributed by atoms with Gasteiger partial charge in [-0.2, -0.15) is 4.98 Å². The Morgan fingerprint density at radius 2 is 2.04 bits per heavy atom. The van der Waals surface area contributed by atoms with Crippen LogP contribution in [0.2, 0.25) is 0 Å². The van der Waals surface area contributed by atoms with Gasteiger partial charge >= 0.3 is 11.8 Å². The zero-order chi connectivity index (χ0) is 19.7. The van der Waals surface area contributed by atoms with Crippen molar-refractivity contribution in [3.05, 3.63) is 59.7 Å². The smallest absolute Gasteiger partial charge is 0.316 e. The van der Waals surface area contributed by atoms with Crippen LogP contribution in [0, 0.1) is 5.82 Å². The Balaban J connectivity index is 1.47. The zero-order valence-corrected chi connectivity index (χ0v) is 14.8. The van der Waals surface area contributed by atoms with Gasteiger partial charge in [-0.05, 0) is 35.9 Å². The van der Waals surface area contributed by atoms with E-state index < -0.39 is 5.91 Å². The van der Waals surface area contributed by atoms with E-state index >= 15 is 0 Å². The fraction of sp³-hybridized carbons (Fsp3) is 0.158. The molecule has 2 aromatic carbocycles. The molecule has 3 aromatic rings. The van der Waals surface area contributed by atoms with Gasteiger partial charge in [0.1, 0.15) is 11.6 Å². The molecule has 142 valence electrons. The van der Waals surface area contributed by atoms with Crippen LogP contribution in [0.3, 0.4) is 0 Å². The second-order valence-electron chi connectivity index (χ2n) is 6.16. The van der Waals surface area contributed by atoms with E-state index in [-0.39, 0.29) is 36.6 Å². The van der Waals surface area contributed by atoms with E-state index in [2.05, 4.69) is 15.5 Å². The highest BCUT2D eigenvalue weighted by Crippen LogP contribution is 2.34. The van der Waals surface area contributed by atoms with Gasteiger partial charge in [-0.3, -0.25) is 9.59 Å². The third-order valence-corrected chi connectivity index (χ3v) is 4.29. The number of nitrogens with zero attached hydrogens (tertiary/aromatic N) is 3. The number of anilines is 1. The summed E-state index contributed by atoms with van der Waals surface area (Å²) < 4.78 is 23.4. The van der Waals surface area contributed by atoms with Crippen molar-refractivity contribution in [3.8, 4) is 17.1 Å². The lowest BCUT2D eigenvalue weighted by molar-refractivity contribution is -0.120. The first-order valence-corrected chi connectivity index (χ1v) is 8.41. The van der Waals surface area contributed by atoms with Gasteiger partial charge in [0.15, 0.2) is 6.61 Å². The molecule has 1 aliphatic heterocycles. The van der Waals surface area contributed by atoms with E-state index in [1.54, 1.807) is 37.4 Å². The number of amides is 2. The molecule has 0 atom stereocenters. The molecule has 0 bridgehead atoms. The molecular weight excluding hydrogens is 367 g/mol. The molecule has 1 aromatic heterocycles. The molecular formula is C19H15FN4O4. The first-order chi connectivity index (χ1) is 13.5. The van der Waals surface area contributed by atoms with Crippen molar-refractivity contribution in [3.63, 3.8) is 0 Å². The van der Waals surface area contributed by atoms with E-state index in [0.29, 0.717) is 17.0 Å². The molecule has 0 radical (unpaired) electrons. The van der Waals surface area contributed by atoms with E-state index in [1.807, 2.05) is 0 Å². The standard InChI is InChI=1S/C19H15FN4O4/c1-24-14-7-4-12(8-15(14)27-10-16(24)25)17-22-19(28-23-17)18(26)21-9-11-2-5-13(20)6-3-11/h2-8H,9-10H2,1H3,(H,21,26). The maximum Gasteiger partial charge on any atom is 0.316 e. The Bertz CT molecular complexity index is 1050. The maximum atomic E-state index is 12.9. The number of fused-ring (bicyclic) bond motifs is 1. The molecule has 1 aliphatic rings. The summed E-state index contributed by atoms with van der Waals surface area (Å²) in [6.45, 7) is 0.153. The highest BCUT2D eigenvalue weighted by molar-refractivity contribution is 5.97. The molecule has 2 amide bonds. The Morgan fingerprint density at radius 3 is 2.82 bits per heavy atom. The first-order valence-electron chi connectivity index (χ1n) is 8.41. The van der Waals surface area contributed by atoms with Crippen LogP contribution in [0.4, 0.5) is 10.1 Å². The average Bonchev–Trinajstić information content (AvgIpc) is 3.20. The van der Waals surface area contributed by atoms with Crippen molar-refractivity contribution in [2.45, 2.75) is 6.54 Å². The molecule has 2 heterocycles. The SMILES string of the molecule is CN1C(=O)COc2cc(-c3noc(C(=O)NCc4ccc(F)cc4)n3)ccc21. The van der Waals surface area contributed by atoms with Gasteiger partial charge in [-0.1, -0.05) is 17.3 Å².